The van der Waals surface area contributed by atoms with Crippen LogP contribution in [0.4, 0.5) is 26.3 Å². The van der Waals surface area contributed by atoms with E-state index in [-0.39, 0.29) is 41.1 Å². The molecule has 0 saturated heterocycles. The van der Waals surface area contributed by atoms with Crippen LogP contribution in [-0.4, -0.2) is 56.2 Å². The molecule has 8 rings (SSSR count). The number of benzene rings is 2. The molecule has 0 amide bonds. The molecule has 2 aliphatic rings. The minimum absolute atomic E-state index is 0.0217. The van der Waals surface area contributed by atoms with Crippen LogP contribution in [0.3, 0.4) is 0 Å². The average Bonchev–Trinajstić information content (AvgIpc) is 3.38. The molecule has 1 fully saturated rings. The molecule has 0 radical (unpaired) electrons. The summed E-state index contributed by atoms with van der Waals surface area (Å²) >= 11 is 6.74. The van der Waals surface area contributed by atoms with Gasteiger partial charge in [-0.25, -0.2) is 27.5 Å². The van der Waals surface area contributed by atoms with Crippen molar-refractivity contribution in [1.29, 1.82) is 0 Å². The maximum Gasteiger partial charge on any atom is 0.293 e. The van der Waals surface area contributed by atoms with Gasteiger partial charge in [-0.1, -0.05) is 17.7 Å². The van der Waals surface area contributed by atoms with Crippen LogP contribution in [0.15, 0.2) is 55.0 Å². The van der Waals surface area contributed by atoms with E-state index in [0.717, 1.165) is 12.1 Å². The Kier molecular flexibility index (Phi) is 9.83. The molecule has 17 heteroatoms. The number of halogens is 7. The van der Waals surface area contributed by atoms with Crippen LogP contribution in [0.2, 0.25) is 5.02 Å². The summed E-state index contributed by atoms with van der Waals surface area (Å²) in [7, 11) is 0.895. The predicted molar refractivity (Wildman–Crippen MR) is 207 cm³/mol. The highest BCUT2D eigenvalue weighted by molar-refractivity contribution is 7.98. The van der Waals surface area contributed by atoms with E-state index in [9.17, 15) is 26.6 Å². The van der Waals surface area contributed by atoms with Crippen molar-refractivity contribution in [3.05, 3.63) is 117 Å². The van der Waals surface area contributed by atoms with Crippen molar-refractivity contribution in [3.63, 3.8) is 0 Å². The second-order valence-corrected chi connectivity index (χ2v) is 18.2. The number of Topliss-reactive ketones (excluding diaryl/α,β-unsaturated/α-hetero) is 1. The van der Waals surface area contributed by atoms with Crippen molar-refractivity contribution in [3.8, 4) is 23.0 Å². The van der Waals surface area contributed by atoms with E-state index in [1.54, 1.807) is 60.1 Å². The fraction of sp³-hybridized carbons (Fsp3) is 0.317. The quantitative estimate of drug-likeness (QED) is 0.0749. The number of imidazole rings is 1. The summed E-state index contributed by atoms with van der Waals surface area (Å²) in [4.78, 5) is 23.3. The van der Waals surface area contributed by atoms with Gasteiger partial charge >= 0.3 is 0 Å². The molecule has 0 spiro atoms. The highest BCUT2D eigenvalue weighted by Crippen LogP contribution is 2.68. The Morgan fingerprint density at radius 2 is 1.74 bits per heavy atom. The molecule has 300 valence electrons. The van der Waals surface area contributed by atoms with Gasteiger partial charge in [0.25, 0.3) is 12.3 Å². The molecule has 4 aromatic heterocycles. The van der Waals surface area contributed by atoms with Gasteiger partial charge in [0.2, 0.25) is 0 Å². The van der Waals surface area contributed by atoms with E-state index < -0.39 is 81.4 Å². The summed E-state index contributed by atoms with van der Waals surface area (Å²) < 4.78 is 105. The third-order valence-electron chi connectivity index (χ3n) is 10.4. The Morgan fingerprint density at radius 1 is 1.03 bits per heavy atom. The second kappa shape index (κ2) is 14.5. The van der Waals surface area contributed by atoms with Crippen molar-refractivity contribution >= 4 is 43.7 Å². The maximum atomic E-state index is 15.5. The molecule has 2 aliphatic carbocycles. The van der Waals surface area contributed by atoms with Crippen LogP contribution < -0.4 is 0 Å². The summed E-state index contributed by atoms with van der Waals surface area (Å²) in [6.45, 7) is -0.760. The molecule has 0 bridgehead atoms. The van der Waals surface area contributed by atoms with Gasteiger partial charge in [-0.3, -0.25) is 18.4 Å². The van der Waals surface area contributed by atoms with E-state index >= 15 is 8.78 Å². The second-order valence-electron chi connectivity index (χ2n) is 15.1. The SMILES string of the molecule is C=S(C)(=O)Cc1nn(C)c2c(-c3ccc(C#Cc4cn(C)cn4)nc3[C@@H](CC(=O)Cn3nc(C(F)F)c4c3C(F)(F)[C@@H]3C[C@H]43)Cc3cc(F)cc(F)c3)ccc(Cl)c12. The first-order chi connectivity index (χ1) is 27.4. The molecule has 9 nitrogen and oxygen atoms in total. The first-order valence-electron chi connectivity index (χ1n) is 18.1. The van der Waals surface area contributed by atoms with E-state index in [2.05, 4.69) is 32.9 Å². The molecular formula is C41H34ClF6N7O2S. The van der Waals surface area contributed by atoms with Crippen molar-refractivity contribution < 1.29 is 35.3 Å². The summed E-state index contributed by atoms with van der Waals surface area (Å²) in [6.07, 6.45) is 1.12. The molecule has 1 saturated carbocycles. The third-order valence-corrected chi connectivity index (χ3v) is 11.6. The van der Waals surface area contributed by atoms with Crippen LogP contribution in [0.25, 0.3) is 22.0 Å². The number of aromatic nitrogens is 7. The molecule has 6 aromatic rings. The lowest BCUT2D eigenvalue weighted by molar-refractivity contribution is -0.120. The number of alkyl halides is 4. The number of ketones is 1. The molecule has 2 aromatic carbocycles. The van der Waals surface area contributed by atoms with Gasteiger partial charge < -0.3 is 4.57 Å². The van der Waals surface area contributed by atoms with Crippen molar-refractivity contribution in [2.75, 3.05) is 6.26 Å². The Morgan fingerprint density at radius 3 is 2.41 bits per heavy atom. The van der Waals surface area contributed by atoms with Gasteiger partial charge in [-0.15, -0.1) is 0 Å². The van der Waals surface area contributed by atoms with Crippen molar-refractivity contribution in [1.82, 2.24) is 34.1 Å². The van der Waals surface area contributed by atoms with Gasteiger partial charge in [0.1, 0.15) is 41.0 Å². The number of hydrogen-bond acceptors (Lipinski definition) is 6. The third kappa shape index (κ3) is 7.41. The number of aryl methyl sites for hydroxylation is 2. The number of carbonyl (C=O) groups is 1. The van der Waals surface area contributed by atoms with Gasteiger partial charge in [0, 0.05) is 72.9 Å². The minimum atomic E-state index is -3.45. The Bertz CT molecular complexity index is 2820. The van der Waals surface area contributed by atoms with Gasteiger partial charge in [-0.05, 0) is 81.9 Å². The molecular weight excluding hydrogens is 804 g/mol. The lowest BCUT2D eigenvalue weighted by atomic mass is 9.86. The summed E-state index contributed by atoms with van der Waals surface area (Å²) in [5.74, 6) is 1.01. The van der Waals surface area contributed by atoms with Crippen LogP contribution in [0.1, 0.15) is 76.4 Å². The minimum Gasteiger partial charge on any atom is -0.339 e. The highest BCUT2D eigenvalue weighted by Gasteiger charge is 2.67. The highest BCUT2D eigenvalue weighted by atomic mass is 35.5. The van der Waals surface area contributed by atoms with Gasteiger partial charge in [0.05, 0.1) is 34.0 Å². The zero-order valence-electron chi connectivity index (χ0n) is 31.2. The summed E-state index contributed by atoms with van der Waals surface area (Å²) in [6, 6.07) is 9.65. The zero-order chi connectivity index (χ0) is 41.4. The van der Waals surface area contributed by atoms with Crippen molar-refractivity contribution in [2.45, 2.75) is 55.7 Å². The molecule has 58 heavy (non-hydrogen) atoms. The van der Waals surface area contributed by atoms with E-state index in [1.807, 2.05) is 0 Å². The van der Waals surface area contributed by atoms with E-state index in [4.69, 9.17) is 16.6 Å². The van der Waals surface area contributed by atoms with Crippen LogP contribution >= 0.6 is 11.6 Å². The predicted octanol–water partition coefficient (Wildman–Crippen LogP) is 7.88. The van der Waals surface area contributed by atoms with Gasteiger partial charge in [-0.2, -0.15) is 19.0 Å². The molecule has 4 heterocycles. The fourth-order valence-corrected chi connectivity index (χ4v) is 9.16. The number of nitrogens with zero attached hydrogens (tertiary/aromatic N) is 7. The van der Waals surface area contributed by atoms with Crippen molar-refractivity contribution in [2.24, 2.45) is 20.0 Å². The largest absolute Gasteiger partial charge is 0.339 e. The first-order valence-corrected chi connectivity index (χ1v) is 20.7. The van der Waals surface area contributed by atoms with Crippen LogP contribution in [-0.2, 0) is 53.1 Å². The summed E-state index contributed by atoms with van der Waals surface area (Å²) in [5.41, 5.74) is 1.41. The lowest BCUT2D eigenvalue weighted by Crippen LogP contribution is -2.24. The average molecular weight is 838 g/mol. The Hall–Kier alpha value is -5.40. The fourth-order valence-electron chi connectivity index (χ4n) is 8.12. The lowest BCUT2D eigenvalue weighted by Gasteiger charge is -2.21. The monoisotopic (exact) mass is 837 g/mol. The number of carbonyl (C=O) groups excluding carboxylic acids is 1. The topological polar surface area (TPSA) is 100 Å². The molecule has 1 unspecified atom stereocenters. The number of fused-ring (bicyclic) bond motifs is 4. The Labute approximate surface area is 334 Å². The zero-order valence-corrected chi connectivity index (χ0v) is 32.8. The van der Waals surface area contributed by atoms with Crippen LogP contribution in [0.5, 0.6) is 0 Å². The van der Waals surface area contributed by atoms with E-state index in [1.165, 1.54) is 6.26 Å². The van der Waals surface area contributed by atoms with E-state index in [0.29, 0.717) is 49.2 Å². The van der Waals surface area contributed by atoms with Gasteiger partial charge in [0.15, 0.2) is 5.78 Å². The first kappa shape index (κ1) is 39.4. The standard InChI is InChI=1S/C41H34ClF6N7O2S/c1-53-17-26(49-20-53)6-5-25-7-8-28(29-9-10-32(42)35-33(19-58(3,4)57)51-54(2)38(29)35)36(50-25)22(11-21-12-23(43)15-24(44)13-21)14-27(56)18-55-39-34(37(52-55)40(45)46)30-16-31(30)41(39,47)48/h7-10,12-13,15,17,20,22,30-31,40H,3,11,14,16,18-19H2,1-2,4H3/t22-,30+,31-,58?/m1/s1. The number of rotatable bonds is 11. The number of hydrogen-bond donors (Lipinski definition) is 0. The number of pyridine rings is 1. The maximum absolute atomic E-state index is 15.5. The molecule has 4 atom stereocenters. The normalized spacial score (nSPS) is 18.1. The molecule has 0 N–H and O–H groups in total. The van der Waals surface area contributed by atoms with Crippen LogP contribution in [0, 0.1) is 29.4 Å². The molecule has 0 aliphatic heterocycles. The Balaban J connectivity index is 1.28. The summed E-state index contributed by atoms with van der Waals surface area (Å²) in [5, 5.41) is 9.28. The smallest absolute Gasteiger partial charge is 0.293 e.